The molecule has 0 saturated heterocycles. The number of rotatable bonds is 5. The van der Waals surface area contributed by atoms with Gasteiger partial charge in [-0.2, -0.15) is 4.31 Å². The van der Waals surface area contributed by atoms with Crippen molar-refractivity contribution in [1.82, 2.24) is 4.31 Å². The van der Waals surface area contributed by atoms with E-state index in [1.165, 1.54) is 4.31 Å². The Morgan fingerprint density at radius 1 is 1.50 bits per heavy atom. The first-order chi connectivity index (χ1) is 8.59. The van der Waals surface area contributed by atoms with Gasteiger partial charge >= 0.3 is 0 Å². The zero-order valence-corrected chi connectivity index (χ0v) is 11.3. The van der Waals surface area contributed by atoms with Gasteiger partial charge in [0.2, 0.25) is 10.0 Å². The predicted molar refractivity (Wildman–Crippen MR) is 73.3 cm³/mol. The van der Waals surface area contributed by atoms with E-state index in [4.69, 9.17) is 0 Å². The number of fused-ring (bicyclic) bond motifs is 1. The fourth-order valence-corrected chi connectivity index (χ4v) is 3.60. The molecule has 0 bridgehead atoms. The van der Waals surface area contributed by atoms with E-state index >= 15 is 0 Å². The van der Waals surface area contributed by atoms with Crippen LogP contribution in [0.4, 0.5) is 5.69 Å². The van der Waals surface area contributed by atoms with Crippen molar-refractivity contribution in [2.45, 2.75) is 18.2 Å². The first kappa shape index (κ1) is 13.1. The molecule has 1 heterocycles. The molecule has 18 heavy (non-hydrogen) atoms. The van der Waals surface area contributed by atoms with Gasteiger partial charge < -0.3 is 5.32 Å². The van der Waals surface area contributed by atoms with Crippen molar-refractivity contribution in [1.29, 1.82) is 0 Å². The first-order valence-electron chi connectivity index (χ1n) is 6.07. The summed E-state index contributed by atoms with van der Waals surface area (Å²) in [5.74, 6) is 0. The Bertz CT molecular complexity index is 552. The molecule has 0 fully saturated rings. The molecule has 0 radical (unpaired) electrons. The van der Waals surface area contributed by atoms with E-state index in [1.807, 2.05) is 13.0 Å². The summed E-state index contributed by atoms with van der Waals surface area (Å²) in [4.78, 5) is 0.369. The van der Waals surface area contributed by atoms with Crippen LogP contribution >= 0.6 is 0 Å². The Labute approximate surface area is 108 Å². The molecule has 1 aromatic carbocycles. The summed E-state index contributed by atoms with van der Waals surface area (Å²) < 4.78 is 26.2. The highest BCUT2D eigenvalue weighted by molar-refractivity contribution is 7.89. The zero-order chi connectivity index (χ0) is 13.2. The van der Waals surface area contributed by atoms with E-state index in [0.717, 1.165) is 24.2 Å². The van der Waals surface area contributed by atoms with E-state index in [0.29, 0.717) is 18.0 Å². The van der Waals surface area contributed by atoms with Crippen molar-refractivity contribution in [3.8, 4) is 0 Å². The Kier molecular flexibility index (Phi) is 3.73. The molecule has 2 rings (SSSR count). The molecule has 1 N–H and O–H groups in total. The van der Waals surface area contributed by atoms with Gasteiger partial charge in [0.15, 0.2) is 0 Å². The molecule has 4 nitrogen and oxygen atoms in total. The van der Waals surface area contributed by atoms with Gasteiger partial charge in [0, 0.05) is 25.3 Å². The van der Waals surface area contributed by atoms with Gasteiger partial charge in [0.25, 0.3) is 0 Å². The van der Waals surface area contributed by atoms with Crippen molar-refractivity contribution in [3.05, 3.63) is 36.4 Å². The Morgan fingerprint density at radius 2 is 2.28 bits per heavy atom. The third kappa shape index (κ3) is 2.28. The fourth-order valence-electron chi connectivity index (χ4n) is 2.13. The number of hydrogen-bond acceptors (Lipinski definition) is 3. The second kappa shape index (κ2) is 5.12. The summed E-state index contributed by atoms with van der Waals surface area (Å²) in [6, 6.07) is 5.28. The first-order valence-corrected chi connectivity index (χ1v) is 7.51. The van der Waals surface area contributed by atoms with Gasteiger partial charge in [0.1, 0.15) is 0 Å². The summed E-state index contributed by atoms with van der Waals surface area (Å²) in [5, 5.41) is 3.22. The van der Waals surface area contributed by atoms with Crippen LogP contribution in [0.15, 0.2) is 35.7 Å². The van der Waals surface area contributed by atoms with Crippen molar-refractivity contribution in [2.24, 2.45) is 0 Å². The molecule has 0 spiro atoms. The van der Waals surface area contributed by atoms with Crippen LogP contribution in [-0.2, 0) is 16.4 Å². The Morgan fingerprint density at radius 3 is 2.94 bits per heavy atom. The molecule has 0 unspecified atom stereocenters. The number of nitrogens with zero attached hydrogens (tertiary/aromatic N) is 1. The summed E-state index contributed by atoms with van der Waals surface area (Å²) in [5.41, 5.74) is 2.12. The number of nitrogens with one attached hydrogen (secondary N) is 1. The molecule has 1 aromatic rings. The van der Waals surface area contributed by atoms with E-state index in [9.17, 15) is 8.42 Å². The van der Waals surface area contributed by atoms with Crippen LogP contribution in [0, 0.1) is 0 Å². The number of hydrogen-bond donors (Lipinski definition) is 1. The lowest BCUT2D eigenvalue weighted by molar-refractivity contribution is 0.460. The maximum atomic E-state index is 12.4. The van der Waals surface area contributed by atoms with Gasteiger partial charge in [-0.1, -0.05) is 13.0 Å². The van der Waals surface area contributed by atoms with Crippen molar-refractivity contribution >= 4 is 15.7 Å². The highest BCUT2D eigenvalue weighted by Gasteiger charge is 2.23. The second-order valence-electron chi connectivity index (χ2n) is 4.24. The molecule has 0 aliphatic carbocycles. The number of likely N-dealkylation sites (N-methyl/N-ethyl adjacent to an activating group) is 1. The largest absolute Gasteiger partial charge is 0.384 e. The zero-order valence-electron chi connectivity index (χ0n) is 10.5. The highest BCUT2D eigenvalue weighted by Crippen LogP contribution is 2.26. The lowest BCUT2D eigenvalue weighted by atomic mass is 10.2. The van der Waals surface area contributed by atoms with Crippen LogP contribution in [0.2, 0.25) is 0 Å². The average molecular weight is 266 g/mol. The SMILES string of the molecule is C=CCN(CC)S(=O)(=O)c1ccc2c(c1)CCN2. The molecule has 0 saturated carbocycles. The van der Waals surface area contributed by atoms with Crippen LogP contribution in [-0.4, -0.2) is 32.4 Å². The fraction of sp³-hybridized carbons (Fsp3) is 0.385. The molecule has 98 valence electrons. The predicted octanol–water partition coefficient (Wildman–Crippen LogP) is 1.85. The van der Waals surface area contributed by atoms with E-state index in [1.54, 1.807) is 18.2 Å². The molecule has 0 aromatic heterocycles. The lowest BCUT2D eigenvalue weighted by Crippen LogP contribution is -2.31. The second-order valence-corrected chi connectivity index (χ2v) is 6.18. The normalized spacial score (nSPS) is 14.3. The molecular weight excluding hydrogens is 248 g/mol. The van der Waals surface area contributed by atoms with Crippen LogP contribution in [0.1, 0.15) is 12.5 Å². The molecule has 1 aliphatic rings. The third-order valence-corrected chi connectivity index (χ3v) is 5.05. The summed E-state index contributed by atoms with van der Waals surface area (Å²) >= 11 is 0. The average Bonchev–Trinajstić information content (AvgIpc) is 2.82. The topological polar surface area (TPSA) is 49.4 Å². The summed E-state index contributed by atoms with van der Waals surface area (Å²) in [7, 11) is -3.40. The molecule has 1 aliphatic heterocycles. The highest BCUT2D eigenvalue weighted by atomic mass is 32.2. The summed E-state index contributed by atoms with van der Waals surface area (Å²) in [6.07, 6.45) is 2.49. The molecule has 0 amide bonds. The van der Waals surface area contributed by atoms with Crippen LogP contribution < -0.4 is 5.32 Å². The van der Waals surface area contributed by atoms with E-state index in [-0.39, 0.29) is 0 Å². The Balaban J connectivity index is 2.37. The van der Waals surface area contributed by atoms with Gasteiger partial charge in [0.05, 0.1) is 4.90 Å². The van der Waals surface area contributed by atoms with Gasteiger partial charge in [-0.15, -0.1) is 6.58 Å². The maximum absolute atomic E-state index is 12.4. The summed E-state index contributed by atoms with van der Waals surface area (Å²) in [6.45, 7) is 7.09. The molecule has 0 atom stereocenters. The van der Waals surface area contributed by atoms with Crippen LogP contribution in [0.3, 0.4) is 0 Å². The minimum absolute atomic E-state index is 0.341. The smallest absolute Gasteiger partial charge is 0.243 e. The van der Waals surface area contributed by atoms with E-state index < -0.39 is 10.0 Å². The van der Waals surface area contributed by atoms with Gasteiger partial charge in [-0.3, -0.25) is 0 Å². The van der Waals surface area contributed by atoms with Gasteiger partial charge in [-0.05, 0) is 30.2 Å². The van der Waals surface area contributed by atoms with E-state index in [2.05, 4.69) is 11.9 Å². The number of benzene rings is 1. The quantitative estimate of drug-likeness (QED) is 0.827. The van der Waals surface area contributed by atoms with Crippen LogP contribution in [0.25, 0.3) is 0 Å². The van der Waals surface area contributed by atoms with Crippen molar-refractivity contribution < 1.29 is 8.42 Å². The standard InChI is InChI=1S/C13H18N2O2S/c1-3-9-15(4-2)18(16,17)12-5-6-13-11(10-12)7-8-14-13/h3,5-6,10,14H,1,4,7-9H2,2H3. The van der Waals surface area contributed by atoms with Crippen LogP contribution in [0.5, 0.6) is 0 Å². The number of anilines is 1. The number of sulfonamides is 1. The third-order valence-electron chi connectivity index (χ3n) is 3.11. The lowest BCUT2D eigenvalue weighted by Gasteiger charge is -2.19. The minimum Gasteiger partial charge on any atom is -0.384 e. The van der Waals surface area contributed by atoms with Crippen molar-refractivity contribution in [3.63, 3.8) is 0 Å². The Hall–Kier alpha value is -1.33. The molecule has 5 heteroatoms. The van der Waals surface area contributed by atoms with Crippen molar-refractivity contribution in [2.75, 3.05) is 25.0 Å². The molecular formula is C13H18N2O2S. The maximum Gasteiger partial charge on any atom is 0.243 e. The minimum atomic E-state index is -3.40. The van der Waals surface area contributed by atoms with Gasteiger partial charge in [-0.25, -0.2) is 8.42 Å². The monoisotopic (exact) mass is 266 g/mol.